The molecular formula is C19H16ClN5O4S2. The molecule has 160 valence electrons. The second-order valence-electron chi connectivity index (χ2n) is 6.62. The fraction of sp³-hybridized carbons (Fsp3) is 0.158. The number of ether oxygens (including phenoxy) is 1. The Morgan fingerprint density at radius 1 is 1.16 bits per heavy atom. The van der Waals surface area contributed by atoms with E-state index in [-0.39, 0.29) is 25.8 Å². The zero-order chi connectivity index (χ0) is 22.3. The number of anilines is 1. The van der Waals surface area contributed by atoms with E-state index in [0.29, 0.717) is 28.0 Å². The Hall–Kier alpha value is -3.02. The minimum absolute atomic E-state index is 0.00348. The Bertz CT molecular complexity index is 1480. The maximum absolute atomic E-state index is 12.9. The van der Waals surface area contributed by atoms with Crippen molar-refractivity contribution in [3.05, 3.63) is 62.9 Å². The first-order chi connectivity index (χ1) is 14.7. The van der Waals surface area contributed by atoms with Crippen molar-refractivity contribution in [3.8, 4) is 17.0 Å². The van der Waals surface area contributed by atoms with Crippen LogP contribution in [0.1, 0.15) is 11.3 Å². The van der Waals surface area contributed by atoms with Crippen LogP contribution in [-0.4, -0.2) is 34.9 Å². The van der Waals surface area contributed by atoms with Gasteiger partial charge in [-0.25, -0.2) is 23.4 Å². The fourth-order valence-electron chi connectivity index (χ4n) is 2.98. The number of nitrogens with one attached hydrogen (secondary N) is 1. The van der Waals surface area contributed by atoms with Crippen LogP contribution < -0.4 is 15.0 Å². The minimum Gasteiger partial charge on any atom is -0.480 e. The summed E-state index contributed by atoms with van der Waals surface area (Å²) >= 11 is 6.71. The summed E-state index contributed by atoms with van der Waals surface area (Å²) in [6.45, 7) is 3.25. The summed E-state index contributed by atoms with van der Waals surface area (Å²) in [6, 6.07) is 5.05. The molecule has 0 bridgehead atoms. The quantitative estimate of drug-likeness (QED) is 0.468. The molecule has 1 N–H and O–H groups in total. The van der Waals surface area contributed by atoms with E-state index in [0.717, 1.165) is 11.3 Å². The normalized spacial score (nSPS) is 11.6. The van der Waals surface area contributed by atoms with Crippen molar-refractivity contribution < 1.29 is 13.2 Å². The van der Waals surface area contributed by atoms with E-state index < -0.39 is 10.0 Å². The van der Waals surface area contributed by atoms with Gasteiger partial charge in [0.05, 0.1) is 12.8 Å². The molecule has 4 rings (SSSR count). The first-order valence-electron chi connectivity index (χ1n) is 8.88. The van der Waals surface area contributed by atoms with E-state index in [9.17, 15) is 13.2 Å². The monoisotopic (exact) mass is 477 g/mol. The van der Waals surface area contributed by atoms with E-state index in [2.05, 4.69) is 19.7 Å². The van der Waals surface area contributed by atoms with E-state index in [1.807, 2.05) is 0 Å². The molecule has 0 saturated carbocycles. The molecule has 4 aromatic heterocycles. The number of aromatic nitrogens is 4. The van der Waals surface area contributed by atoms with Crippen molar-refractivity contribution in [2.24, 2.45) is 0 Å². The molecule has 4 heterocycles. The van der Waals surface area contributed by atoms with Crippen molar-refractivity contribution in [2.75, 3.05) is 11.8 Å². The van der Waals surface area contributed by atoms with Gasteiger partial charge in [-0.1, -0.05) is 22.9 Å². The number of aryl methyl sites for hydroxylation is 2. The van der Waals surface area contributed by atoms with Crippen LogP contribution in [0.2, 0.25) is 4.47 Å². The predicted octanol–water partition coefficient (Wildman–Crippen LogP) is 3.29. The second kappa shape index (κ2) is 7.91. The lowest BCUT2D eigenvalue weighted by molar-refractivity contribution is 0.400. The highest BCUT2D eigenvalue weighted by Gasteiger charge is 2.23. The Labute approximate surface area is 186 Å². The first-order valence-corrected chi connectivity index (χ1v) is 11.6. The number of pyridine rings is 2. The summed E-state index contributed by atoms with van der Waals surface area (Å²) in [4.78, 5) is 24.8. The van der Waals surface area contributed by atoms with E-state index in [1.165, 1.54) is 23.9 Å². The standard InChI is InChI=1S/C19H16ClN5O4S2/c1-10-7-21-15-5-4-12(9-25(15)17(10)26)13-6-14(16(29-3)22-8-13)24-31(27,28)18-11(2)23-19(20)30-18/h4-9,24H,1-3H3. The van der Waals surface area contributed by atoms with Crippen LogP contribution in [0, 0.1) is 13.8 Å². The number of sulfonamides is 1. The molecule has 0 unspecified atom stereocenters. The second-order valence-corrected chi connectivity index (χ2v) is 10.1. The van der Waals surface area contributed by atoms with Gasteiger partial charge in [0, 0.05) is 35.3 Å². The van der Waals surface area contributed by atoms with Gasteiger partial charge in [-0.05, 0) is 32.0 Å². The van der Waals surface area contributed by atoms with Gasteiger partial charge in [-0.2, -0.15) is 0 Å². The lowest BCUT2D eigenvalue weighted by Gasteiger charge is -2.12. The van der Waals surface area contributed by atoms with Crippen LogP contribution in [0.25, 0.3) is 16.8 Å². The highest BCUT2D eigenvalue weighted by atomic mass is 35.5. The number of halogens is 1. The Balaban J connectivity index is 1.80. The summed E-state index contributed by atoms with van der Waals surface area (Å²) in [7, 11) is -2.58. The van der Waals surface area contributed by atoms with Gasteiger partial charge in [0.1, 0.15) is 11.3 Å². The third kappa shape index (κ3) is 3.99. The maximum atomic E-state index is 12.9. The first kappa shape index (κ1) is 21.2. The van der Waals surface area contributed by atoms with E-state index in [4.69, 9.17) is 16.3 Å². The zero-order valence-corrected chi connectivity index (χ0v) is 19.0. The van der Waals surface area contributed by atoms with E-state index >= 15 is 0 Å². The van der Waals surface area contributed by atoms with Gasteiger partial charge >= 0.3 is 0 Å². The highest BCUT2D eigenvalue weighted by molar-refractivity contribution is 7.94. The molecule has 0 aromatic carbocycles. The van der Waals surface area contributed by atoms with Gasteiger partial charge in [0.15, 0.2) is 8.68 Å². The molecule has 0 radical (unpaired) electrons. The van der Waals surface area contributed by atoms with Crippen LogP contribution in [0.4, 0.5) is 5.69 Å². The number of hydrogen-bond donors (Lipinski definition) is 1. The van der Waals surface area contributed by atoms with Gasteiger partial charge in [-0.15, -0.1) is 0 Å². The molecule has 0 aliphatic rings. The van der Waals surface area contributed by atoms with Gasteiger partial charge in [0.2, 0.25) is 5.88 Å². The summed E-state index contributed by atoms with van der Waals surface area (Å²) in [5.41, 5.74) is 2.48. The van der Waals surface area contributed by atoms with Crippen molar-refractivity contribution in [1.82, 2.24) is 19.4 Å². The summed E-state index contributed by atoms with van der Waals surface area (Å²) in [5.74, 6) is 0.0936. The molecule has 0 aliphatic heterocycles. The van der Waals surface area contributed by atoms with Crippen LogP contribution in [0.5, 0.6) is 5.88 Å². The molecule has 0 fully saturated rings. The average molecular weight is 478 g/mol. The van der Waals surface area contributed by atoms with Crippen LogP contribution >= 0.6 is 22.9 Å². The number of fused-ring (bicyclic) bond motifs is 1. The summed E-state index contributed by atoms with van der Waals surface area (Å²) in [6.07, 6.45) is 4.68. The fourth-order valence-corrected chi connectivity index (χ4v) is 5.76. The third-order valence-corrected chi connectivity index (χ3v) is 7.70. The number of nitrogens with zero attached hydrogens (tertiary/aromatic N) is 4. The predicted molar refractivity (Wildman–Crippen MR) is 119 cm³/mol. The summed E-state index contributed by atoms with van der Waals surface area (Å²) < 4.78 is 35.0. The van der Waals surface area contributed by atoms with Crippen molar-refractivity contribution in [1.29, 1.82) is 0 Å². The van der Waals surface area contributed by atoms with Gasteiger partial charge in [-0.3, -0.25) is 13.9 Å². The molecule has 0 saturated heterocycles. The number of rotatable bonds is 5. The maximum Gasteiger partial charge on any atom is 0.273 e. The molecule has 4 aromatic rings. The minimum atomic E-state index is -3.97. The van der Waals surface area contributed by atoms with Gasteiger partial charge in [0.25, 0.3) is 15.6 Å². The van der Waals surface area contributed by atoms with Crippen LogP contribution in [0.15, 0.2) is 45.8 Å². The zero-order valence-electron chi connectivity index (χ0n) is 16.6. The Kier molecular flexibility index (Phi) is 5.42. The molecule has 0 aliphatic carbocycles. The van der Waals surface area contributed by atoms with Crippen molar-refractivity contribution in [3.63, 3.8) is 0 Å². The van der Waals surface area contributed by atoms with Crippen LogP contribution in [0.3, 0.4) is 0 Å². The van der Waals surface area contributed by atoms with Crippen molar-refractivity contribution in [2.45, 2.75) is 18.1 Å². The molecule has 0 atom stereocenters. The molecule has 0 amide bonds. The third-order valence-electron chi connectivity index (χ3n) is 4.47. The average Bonchev–Trinajstić information content (AvgIpc) is 3.09. The highest BCUT2D eigenvalue weighted by Crippen LogP contribution is 2.33. The van der Waals surface area contributed by atoms with E-state index in [1.54, 1.807) is 38.2 Å². The summed E-state index contributed by atoms with van der Waals surface area (Å²) in [5, 5.41) is 0. The number of hydrogen-bond acceptors (Lipinski definition) is 8. The molecule has 0 spiro atoms. The Morgan fingerprint density at radius 2 is 1.94 bits per heavy atom. The Morgan fingerprint density at radius 3 is 2.61 bits per heavy atom. The molecule has 12 heteroatoms. The molecule has 31 heavy (non-hydrogen) atoms. The number of thiazole rings is 1. The SMILES string of the molecule is COc1ncc(-c2ccc3ncc(C)c(=O)n3c2)cc1NS(=O)(=O)c1sc(Cl)nc1C. The molecular weight excluding hydrogens is 462 g/mol. The molecule has 9 nitrogen and oxygen atoms in total. The smallest absolute Gasteiger partial charge is 0.273 e. The topological polar surface area (TPSA) is 116 Å². The van der Waals surface area contributed by atoms with Crippen molar-refractivity contribution >= 4 is 44.3 Å². The lowest BCUT2D eigenvalue weighted by atomic mass is 10.1. The lowest BCUT2D eigenvalue weighted by Crippen LogP contribution is -2.17. The number of methoxy groups -OCH3 is 1. The van der Waals surface area contributed by atoms with Crippen LogP contribution in [-0.2, 0) is 10.0 Å². The van der Waals surface area contributed by atoms with Gasteiger partial charge < -0.3 is 4.74 Å². The largest absolute Gasteiger partial charge is 0.480 e.